The van der Waals surface area contributed by atoms with Gasteiger partial charge in [0, 0.05) is 18.6 Å². The van der Waals surface area contributed by atoms with Gasteiger partial charge < -0.3 is 30.9 Å². The van der Waals surface area contributed by atoms with Crippen molar-refractivity contribution < 1.29 is 33.5 Å². The molecule has 0 aromatic heterocycles. The zero-order valence-corrected chi connectivity index (χ0v) is 35.6. The molecular formula is C47H69N5O7. The molecule has 5 unspecified atom stereocenters. The second kappa shape index (κ2) is 15.8. The van der Waals surface area contributed by atoms with Gasteiger partial charge in [0.05, 0.1) is 12.5 Å². The lowest BCUT2D eigenvalue weighted by Crippen LogP contribution is -2.64. The first-order valence-electron chi connectivity index (χ1n) is 23.6. The van der Waals surface area contributed by atoms with Crippen LogP contribution in [0.3, 0.4) is 0 Å². The van der Waals surface area contributed by atoms with Gasteiger partial charge in [-0.15, -0.1) is 6.58 Å². The van der Waals surface area contributed by atoms with Gasteiger partial charge in [0.2, 0.25) is 17.6 Å². The van der Waals surface area contributed by atoms with Crippen LogP contribution >= 0.6 is 0 Å². The van der Waals surface area contributed by atoms with E-state index in [4.69, 9.17) is 4.74 Å². The Labute approximate surface area is 350 Å². The highest BCUT2D eigenvalue weighted by Gasteiger charge is 2.70. The van der Waals surface area contributed by atoms with Crippen molar-refractivity contribution in [1.82, 2.24) is 26.2 Å². The lowest BCUT2D eigenvalue weighted by atomic mass is 9.53. The summed E-state index contributed by atoms with van der Waals surface area (Å²) in [6, 6.07) is -2.99. The first kappa shape index (κ1) is 40.9. The average Bonchev–Trinajstić information content (AvgIpc) is 3.46. The Morgan fingerprint density at radius 3 is 1.95 bits per heavy atom. The molecule has 0 radical (unpaired) electrons. The third kappa shape index (κ3) is 8.08. The summed E-state index contributed by atoms with van der Waals surface area (Å²) in [5.41, 5.74) is -0.744. The van der Waals surface area contributed by atoms with Crippen molar-refractivity contribution >= 4 is 35.5 Å². The number of allylic oxidation sites excluding steroid dienone is 1. The SMILES string of the molecule is C=CCCC(NC(=O)C1C2C(CN1C(=O)C(NC(=O)NC13CC4CC(CC(C4)C1)C3)C1CCCCC1)C2(C)C)C(=O)C(=O)NCCC(=O)OC12CC3CC(CC(C3)C1)C2. The van der Waals surface area contributed by atoms with Crippen molar-refractivity contribution in [2.75, 3.05) is 13.1 Å². The Hall–Kier alpha value is -3.44. The predicted molar refractivity (Wildman–Crippen MR) is 220 cm³/mol. The molecule has 1 saturated heterocycles. The summed E-state index contributed by atoms with van der Waals surface area (Å²) in [6.45, 7) is 8.39. The fraction of sp³-hybridized carbons (Fsp3) is 0.830. The van der Waals surface area contributed by atoms with Crippen molar-refractivity contribution in [2.45, 2.75) is 172 Å². The minimum Gasteiger partial charge on any atom is -0.459 e. The summed E-state index contributed by atoms with van der Waals surface area (Å²) >= 11 is 0. The van der Waals surface area contributed by atoms with Crippen LogP contribution in [-0.2, 0) is 28.7 Å². The van der Waals surface area contributed by atoms with Crippen LogP contribution in [0.15, 0.2) is 12.7 Å². The van der Waals surface area contributed by atoms with E-state index in [1.54, 1.807) is 11.0 Å². The second-order valence-corrected chi connectivity index (χ2v) is 21.9. The highest BCUT2D eigenvalue weighted by atomic mass is 16.6. The number of likely N-dealkylation sites (tertiary alicyclic amines) is 1. The number of nitrogens with zero attached hydrogens (tertiary/aromatic N) is 1. The van der Waals surface area contributed by atoms with E-state index in [9.17, 15) is 28.8 Å². The van der Waals surface area contributed by atoms with Gasteiger partial charge in [0.1, 0.15) is 17.7 Å². The molecule has 11 aliphatic rings. The molecule has 11 fully saturated rings. The fourth-order valence-electron chi connectivity index (χ4n) is 15.3. The van der Waals surface area contributed by atoms with E-state index in [2.05, 4.69) is 41.7 Å². The molecule has 8 bridgehead atoms. The highest BCUT2D eigenvalue weighted by molar-refractivity contribution is 6.38. The highest BCUT2D eigenvalue weighted by Crippen LogP contribution is 2.65. The van der Waals surface area contributed by atoms with Gasteiger partial charge in [-0.25, -0.2) is 4.79 Å². The van der Waals surface area contributed by atoms with Crippen LogP contribution in [0.2, 0.25) is 0 Å². The van der Waals surface area contributed by atoms with Crippen LogP contribution < -0.4 is 21.3 Å². The number of esters is 1. The number of ketones is 1. The Bertz CT molecular complexity index is 1650. The van der Waals surface area contributed by atoms with Gasteiger partial charge in [0.25, 0.3) is 5.91 Å². The quantitative estimate of drug-likeness (QED) is 0.0934. The van der Waals surface area contributed by atoms with Gasteiger partial charge in [0.15, 0.2) is 0 Å². The summed E-state index contributed by atoms with van der Waals surface area (Å²) < 4.78 is 6.09. The topological polar surface area (TPSA) is 163 Å². The van der Waals surface area contributed by atoms with E-state index in [-0.39, 0.29) is 71.6 Å². The summed E-state index contributed by atoms with van der Waals surface area (Å²) in [7, 11) is 0. The Kier molecular flexibility index (Phi) is 11.0. The number of urea groups is 1. The molecule has 1 aliphatic heterocycles. The third-order valence-corrected chi connectivity index (χ3v) is 17.3. The number of rotatable bonds is 15. The van der Waals surface area contributed by atoms with Crippen molar-refractivity contribution in [3.05, 3.63) is 12.7 Å². The minimum absolute atomic E-state index is 0.0255. The van der Waals surface area contributed by atoms with Gasteiger partial charge in [-0.1, -0.05) is 39.2 Å². The Morgan fingerprint density at radius 1 is 0.797 bits per heavy atom. The molecule has 10 saturated carbocycles. The maximum absolute atomic E-state index is 14.8. The lowest BCUT2D eigenvalue weighted by molar-refractivity contribution is -0.186. The third-order valence-electron chi connectivity index (χ3n) is 17.3. The molecule has 5 atom stereocenters. The number of amides is 5. The van der Waals surface area contributed by atoms with Crippen molar-refractivity contribution in [3.63, 3.8) is 0 Å². The fourth-order valence-corrected chi connectivity index (χ4v) is 15.3. The number of nitrogens with one attached hydrogen (secondary N) is 4. The zero-order valence-electron chi connectivity index (χ0n) is 35.6. The lowest BCUT2D eigenvalue weighted by Gasteiger charge is -2.56. The number of fused-ring (bicyclic) bond motifs is 1. The van der Waals surface area contributed by atoms with Crippen LogP contribution in [0, 0.1) is 58.7 Å². The summed E-state index contributed by atoms with van der Waals surface area (Å²) in [4.78, 5) is 84.9. The molecule has 10 aliphatic carbocycles. The number of carbonyl (C=O) groups excluding carboxylic acids is 6. The first-order valence-corrected chi connectivity index (χ1v) is 23.6. The average molecular weight is 816 g/mol. The van der Waals surface area contributed by atoms with Crippen molar-refractivity contribution in [2.24, 2.45) is 58.7 Å². The van der Waals surface area contributed by atoms with Gasteiger partial charge in [-0.05, 0) is 161 Å². The van der Waals surface area contributed by atoms with Gasteiger partial charge in [-0.3, -0.25) is 24.0 Å². The molecule has 12 heteroatoms. The zero-order chi connectivity index (χ0) is 41.3. The van der Waals surface area contributed by atoms with Crippen molar-refractivity contribution in [1.29, 1.82) is 0 Å². The molecule has 4 N–H and O–H groups in total. The van der Waals surface area contributed by atoms with Crippen LogP contribution in [0.5, 0.6) is 0 Å². The maximum Gasteiger partial charge on any atom is 0.315 e. The molecule has 0 aromatic rings. The van der Waals surface area contributed by atoms with E-state index in [0.717, 1.165) is 70.6 Å². The van der Waals surface area contributed by atoms with E-state index in [1.165, 1.54) is 38.5 Å². The van der Waals surface area contributed by atoms with E-state index in [0.29, 0.717) is 48.5 Å². The van der Waals surface area contributed by atoms with Crippen LogP contribution in [0.4, 0.5) is 4.79 Å². The first-order chi connectivity index (χ1) is 28.2. The monoisotopic (exact) mass is 816 g/mol. The molecule has 0 aromatic carbocycles. The Morgan fingerprint density at radius 2 is 1.37 bits per heavy atom. The molecule has 5 amide bonds. The van der Waals surface area contributed by atoms with Crippen LogP contribution in [0.1, 0.15) is 142 Å². The molecule has 1 heterocycles. The number of Topliss-reactive ketones (excluding diaryl/α,β-unsaturated/α-hetero) is 1. The van der Waals surface area contributed by atoms with E-state index >= 15 is 0 Å². The Balaban J connectivity index is 0.840. The van der Waals surface area contributed by atoms with Gasteiger partial charge in [-0.2, -0.15) is 0 Å². The molecule has 324 valence electrons. The molecular weight excluding hydrogens is 747 g/mol. The van der Waals surface area contributed by atoms with E-state index in [1.807, 2.05) is 0 Å². The minimum atomic E-state index is -1.13. The summed E-state index contributed by atoms with van der Waals surface area (Å²) in [5, 5.41) is 12.1. The number of hydrogen-bond acceptors (Lipinski definition) is 7. The van der Waals surface area contributed by atoms with Crippen molar-refractivity contribution in [3.8, 4) is 0 Å². The number of carbonyl (C=O) groups is 6. The molecule has 59 heavy (non-hydrogen) atoms. The molecule has 12 nitrogen and oxygen atoms in total. The normalized spacial score (nSPS) is 39.1. The number of piperidine rings is 1. The summed E-state index contributed by atoms with van der Waals surface area (Å²) in [6.07, 6.45) is 20.3. The largest absolute Gasteiger partial charge is 0.459 e. The number of hydrogen-bond donors (Lipinski definition) is 4. The standard InChI is InChI=1S/C47H69N5O7/c1-4-5-11-35(40(54)42(56)48-13-12-36(53)59-47-23-30-17-31(24-47)19-32(18-30)25-47)49-41(55)39-37-34(45(37,2)3)26-52(39)43(57)38(33-9-7-6-8-10-33)50-44(58)51-46-20-27-14-28(21-46)16-29(15-27)22-46/h4,27-35,37-39H,1,5-26H2,2-3H3,(H,48,56)(H,49,55)(H2,50,51,58). The predicted octanol–water partition coefficient (Wildman–Crippen LogP) is 5.72. The van der Waals surface area contributed by atoms with E-state index < -0.39 is 35.7 Å². The van der Waals surface area contributed by atoms with Crippen LogP contribution in [0.25, 0.3) is 0 Å². The summed E-state index contributed by atoms with van der Waals surface area (Å²) in [5.74, 6) is 1.21. The van der Waals surface area contributed by atoms with Gasteiger partial charge >= 0.3 is 12.0 Å². The smallest absolute Gasteiger partial charge is 0.315 e. The second-order valence-electron chi connectivity index (χ2n) is 21.9. The molecule has 11 rings (SSSR count). The molecule has 0 spiro atoms. The maximum atomic E-state index is 14.8. The van der Waals surface area contributed by atoms with Crippen LogP contribution in [-0.4, -0.2) is 82.8 Å². The number of ether oxygens (including phenoxy) is 1.